The molecule has 0 aromatic heterocycles. The Bertz CT molecular complexity index is 216. The van der Waals surface area contributed by atoms with Gasteiger partial charge in [-0.25, -0.2) is 0 Å². The molecule has 0 radical (unpaired) electrons. The monoisotopic (exact) mass is 257 g/mol. The fraction of sp³-hybridized carbons (Fsp3) is 0.333. The van der Waals surface area contributed by atoms with E-state index in [9.17, 15) is 0 Å². The molecule has 0 spiro atoms. The van der Waals surface area contributed by atoms with Gasteiger partial charge in [-0.2, -0.15) is 0 Å². The summed E-state index contributed by atoms with van der Waals surface area (Å²) in [6.45, 7) is 2.03. The van der Waals surface area contributed by atoms with Gasteiger partial charge in [-0.05, 0) is 53.6 Å². The van der Waals surface area contributed by atoms with Crippen molar-refractivity contribution in [3.63, 3.8) is 0 Å². The van der Waals surface area contributed by atoms with Crippen LogP contribution in [-0.2, 0) is 6.42 Å². The highest BCUT2D eigenvalue weighted by atomic mass is 123. The first kappa shape index (κ1) is 9.00. The van der Waals surface area contributed by atoms with Gasteiger partial charge in [0.15, 0.2) is 0 Å². The van der Waals surface area contributed by atoms with Crippen molar-refractivity contribution in [2.45, 2.75) is 19.4 Å². The molecule has 0 amide bonds. The smallest absolute Gasteiger partial charge is 0.0130 e. The number of benzene rings is 1. The SMILES string of the molecule is C[C@H](N)Cc1ccc([123I])cc1. The third kappa shape index (κ3) is 3.20. The van der Waals surface area contributed by atoms with Crippen LogP contribution in [0, 0.1) is 3.57 Å². The summed E-state index contributed by atoms with van der Waals surface area (Å²) < 4.78 is 1.27. The highest BCUT2D eigenvalue weighted by Crippen LogP contribution is 2.07. The van der Waals surface area contributed by atoms with Crippen LogP contribution >= 0.6 is 22.6 Å². The summed E-state index contributed by atoms with van der Waals surface area (Å²) in [6.07, 6.45) is 0.969. The second-order valence-electron chi connectivity index (χ2n) is 2.81. The van der Waals surface area contributed by atoms with Gasteiger partial charge in [0.05, 0.1) is 0 Å². The van der Waals surface area contributed by atoms with Crippen molar-refractivity contribution >= 4 is 22.6 Å². The lowest BCUT2D eigenvalue weighted by atomic mass is 10.1. The Kier molecular flexibility index (Phi) is 3.33. The standard InChI is InChI=1S/C9H12IN/c1-7(11)6-8-2-4-9(10)5-3-8/h2-5,7H,6,11H2,1H3/t7-/m0/s1/i10-4. The molecule has 60 valence electrons. The van der Waals surface area contributed by atoms with Crippen LogP contribution in [0.2, 0.25) is 0 Å². The van der Waals surface area contributed by atoms with Crippen LogP contribution in [0.4, 0.5) is 0 Å². The van der Waals surface area contributed by atoms with E-state index in [1.54, 1.807) is 0 Å². The van der Waals surface area contributed by atoms with Crippen molar-refractivity contribution in [3.05, 3.63) is 33.4 Å². The zero-order valence-electron chi connectivity index (χ0n) is 6.55. The molecular formula is C9H12IN. The Balaban J connectivity index is 2.66. The van der Waals surface area contributed by atoms with Crippen molar-refractivity contribution < 1.29 is 0 Å². The molecule has 0 aliphatic heterocycles. The second kappa shape index (κ2) is 4.07. The highest BCUT2D eigenvalue weighted by Gasteiger charge is 1.96. The van der Waals surface area contributed by atoms with Gasteiger partial charge in [-0.3, -0.25) is 0 Å². The summed E-state index contributed by atoms with van der Waals surface area (Å²) in [5.74, 6) is 0. The van der Waals surface area contributed by atoms with Gasteiger partial charge in [0, 0.05) is 9.61 Å². The first-order valence-electron chi connectivity index (χ1n) is 3.68. The minimum atomic E-state index is 0.259. The van der Waals surface area contributed by atoms with Gasteiger partial charge in [0.25, 0.3) is 0 Å². The van der Waals surface area contributed by atoms with Crippen LogP contribution in [0.3, 0.4) is 0 Å². The van der Waals surface area contributed by atoms with Crippen LogP contribution in [0.25, 0.3) is 0 Å². The van der Waals surface area contributed by atoms with E-state index in [1.165, 1.54) is 9.13 Å². The lowest BCUT2D eigenvalue weighted by Gasteiger charge is -2.03. The maximum absolute atomic E-state index is 5.66. The zero-order chi connectivity index (χ0) is 8.27. The number of halogens is 1. The lowest BCUT2D eigenvalue weighted by Crippen LogP contribution is -2.17. The average molecular weight is 257 g/mol. The van der Waals surface area contributed by atoms with Crippen LogP contribution in [0.1, 0.15) is 12.5 Å². The van der Waals surface area contributed by atoms with Crippen LogP contribution in [0.5, 0.6) is 0 Å². The van der Waals surface area contributed by atoms with Crippen LogP contribution in [-0.4, -0.2) is 6.04 Å². The Morgan fingerprint density at radius 2 is 1.91 bits per heavy atom. The zero-order valence-corrected chi connectivity index (χ0v) is 8.71. The van der Waals surface area contributed by atoms with E-state index in [2.05, 4.69) is 46.9 Å². The third-order valence-corrected chi connectivity index (χ3v) is 2.19. The Morgan fingerprint density at radius 1 is 1.36 bits per heavy atom. The van der Waals surface area contributed by atoms with E-state index in [0.29, 0.717) is 0 Å². The maximum Gasteiger partial charge on any atom is 0.0130 e. The number of rotatable bonds is 2. The largest absolute Gasteiger partial charge is 0.328 e. The van der Waals surface area contributed by atoms with E-state index in [-0.39, 0.29) is 6.04 Å². The molecule has 0 aliphatic carbocycles. The van der Waals surface area contributed by atoms with E-state index < -0.39 is 0 Å². The summed E-state index contributed by atoms with van der Waals surface area (Å²) in [5.41, 5.74) is 6.98. The van der Waals surface area contributed by atoms with Gasteiger partial charge in [-0.15, -0.1) is 0 Å². The fourth-order valence-electron chi connectivity index (χ4n) is 0.992. The molecule has 1 aromatic rings. The molecule has 0 bridgehead atoms. The minimum Gasteiger partial charge on any atom is -0.328 e. The second-order valence-corrected chi connectivity index (χ2v) is 4.05. The molecule has 2 N–H and O–H groups in total. The highest BCUT2D eigenvalue weighted by molar-refractivity contribution is 14.1. The molecule has 1 rings (SSSR count). The van der Waals surface area contributed by atoms with Crippen molar-refractivity contribution in [2.75, 3.05) is 0 Å². The molecule has 0 unspecified atom stereocenters. The molecule has 1 nitrogen and oxygen atoms in total. The molecule has 0 saturated heterocycles. The van der Waals surface area contributed by atoms with Gasteiger partial charge >= 0.3 is 0 Å². The molecule has 1 aromatic carbocycles. The summed E-state index contributed by atoms with van der Waals surface area (Å²) >= 11 is 2.30. The summed E-state index contributed by atoms with van der Waals surface area (Å²) in [6, 6.07) is 8.74. The molecule has 2 heteroatoms. The Morgan fingerprint density at radius 3 is 2.36 bits per heavy atom. The van der Waals surface area contributed by atoms with Crippen LogP contribution in [0.15, 0.2) is 24.3 Å². The summed E-state index contributed by atoms with van der Waals surface area (Å²) in [5, 5.41) is 0. The molecule has 0 aliphatic rings. The predicted molar refractivity (Wildman–Crippen MR) is 56.5 cm³/mol. The number of nitrogens with two attached hydrogens (primary N) is 1. The lowest BCUT2D eigenvalue weighted by molar-refractivity contribution is 0.738. The quantitative estimate of drug-likeness (QED) is 0.807. The van der Waals surface area contributed by atoms with Gasteiger partial charge in [0.2, 0.25) is 0 Å². The van der Waals surface area contributed by atoms with E-state index in [1.807, 2.05) is 6.92 Å². The van der Waals surface area contributed by atoms with Crippen molar-refractivity contribution in [1.82, 2.24) is 0 Å². The van der Waals surface area contributed by atoms with Gasteiger partial charge in [0.1, 0.15) is 0 Å². The number of hydrogen-bond acceptors (Lipinski definition) is 1. The van der Waals surface area contributed by atoms with E-state index in [0.717, 1.165) is 6.42 Å². The normalized spacial score (nSPS) is 13.0. The molecule has 11 heavy (non-hydrogen) atoms. The molecule has 0 fully saturated rings. The van der Waals surface area contributed by atoms with E-state index >= 15 is 0 Å². The molecule has 0 saturated carbocycles. The van der Waals surface area contributed by atoms with Gasteiger partial charge < -0.3 is 5.73 Å². The Hall–Kier alpha value is -0.0900. The number of hydrogen-bond donors (Lipinski definition) is 1. The first-order valence-corrected chi connectivity index (χ1v) is 4.76. The molecular weight excluding hydrogens is 245 g/mol. The van der Waals surface area contributed by atoms with Gasteiger partial charge in [-0.1, -0.05) is 12.1 Å². The average Bonchev–Trinajstić information content (AvgIpc) is 1.93. The van der Waals surface area contributed by atoms with Crippen molar-refractivity contribution in [3.8, 4) is 0 Å². The first-order chi connectivity index (χ1) is 5.18. The van der Waals surface area contributed by atoms with Crippen LogP contribution < -0.4 is 5.73 Å². The maximum atomic E-state index is 5.66. The molecule has 0 heterocycles. The molecule has 1 atom stereocenters. The van der Waals surface area contributed by atoms with Crippen molar-refractivity contribution in [2.24, 2.45) is 5.73 Å². The fourth-order valence-corrected chi connectivity index (χ4v) is 1.35. The topological polar surface area (TPSA) is 26.0 Å². The predicted octanol–water partition coefficient (Wildman–Crippen LogP) is 2.18. The van der Waals surface area contributed by atoms with E-state index in [4.69, 9.17) is 5.73 Å². The minimum absolute atomic E-state index is 0.259. The summed E-state index contributed by atoms with van der Waals surface area (Å²) in [7, 11) is 0. The summed E-state index contributed by atoms with van der Waals surface area (Å²) in [4.78, 5) is 0. The third-order valence-electron chi connectivity index (χ3n) is 1.47. The Labute approximate surface area is 81.1 Å². The van der Waals surface area contributed by atoms with Crippen molar-refractivity contribution in [1.29, 1.82) is 0 Å².